The maximum absolute atomic E-state index is 10.9. The van der Waals surface area contributed by atoms with Gasteiger partial charge in [-0.1, -0.05) is 0 Å². The van der Waals surface area contributed by atoms with Gasteiger partial charge in [0.15, 0.2) is 6.33 Å². The lowest BCUT2D eigenvalue weighted by Crippen LogP contribution is -2.59. The highest BCUT2D eigenvalue weighted by Crippen LogP contribution is 2.64. The van der Waals surface area contributed by atoms with Crippen LogP contribution in [0.2, 0.25) is 0 Å². The van der Waals surface area contributed by atoms with Crippen molar-refractivity contribution in [2.75, 3.05) is 6.54 Å². The zero-order valence-corrected chi connectivity index (χ0v) is 7.97. The lowest BCUT2D eigenvalue weighted by atomic mass is 9.85. The van der Waals surface area contributed by atoms with Gasteiger partial charge in [-0.3, -0.25) is 4.79 Å². The smallest absolute Gasteiger partial charge is 0.321 e. The van der Waals surface area contributed by atoms with Gasteiger partial charge in [0.2, 0.25) is 0 Å². The van der Waals surface area contributed by atoms with Gasteiger partial charge >= 0.3 is 5.97 Å². The van der Waals surface area contributed by atoms with E-state index in [1.807, 2.05) is 6.07 Å². The first kappa shape index (κ1) is 8.79. The summed E-state index contributed by atoms with van der Waals surface area (Å²) < 4.78 is 0. The second-order valence-electron chi connectivity index (χ2n) is 4.22. The number of carboxylic acids is 1. The summed E-state index contributed by atoms with van der Waals surface area (Å²) >= 11 is 0. The Kier molecular flexibility index (Phi) is 1.62. The fraction of sp³-hybridized carbons (Fsp3) is 0.500. The molecule has 3 unspecified atom stereocenters. The summed E-state index contributed by atoms with van der Waals surface area (Å²) in [5, 5.41) is 11.9. The Balaban J connectivity index is 1.82. The van der Waals surface area contributed by atoms with Gasteiger partial charge in [-0.25, -0.2) is 9.97 Å². The number of nitrogens with zero attached hydrogens (tertiary/aromatic N) is 2. The van der Waals surface area contributed by atoms with E-state index in [4.69, 9.17) is 5.11 Å². The monoisotopic (exact) mass is 204 g/mol. The van der Waals surface area contributed by atoms with E-state index in [1.165, 1.54) is 0 Å². The van der Waals surface area contributed by atoms with Crippen LogP contribution in [-0.4, -0.2) is 33.6 Å². The van der Waals surface area contributed by atoms with Crippen LogP contribution in [0.25, 0.3) is 0 Å². The Labute approximate surface area is 86.6 Å². The molecule has 2 N–H and O–H groups in total. The van der Waals surface area contributed by atoms with E-state index in [1.54, 1.807) is 6.20 Å². The standard InChI is InChI=1S/C10H10N3O2/c14-9(15)8-10(4-12-8)3-6(10)7-1-2-11-5-13-7/h1-2,6,8,12H,3-4H2,(H,14,15). The van der Waals surface area contributed by atoms with Crippen molar-refractivity contribution in [3.63, 3.8) is 0 Å². The maximum atomic E-state index is 10.9. The summed E-state index contributed by atoms with van der Waals surface area (Å²) in [6.45, 7) is 0.776. The van der Waals surface area contributed by atoms with Gasteiger partial charge in [0, 0.05) is 29.8 Å². The van der Waals surface area contributed by atoms with E-state index in [9.17, 15) is 4.79 Å². The second-order valence-corrected chi connectivity index (χ2v) is 4.22. The molecule has 2 fully saturated rings. The molecule has 0 bridgehead atoms. The average Bonchev–Trinajstić information content (AvgIpc) is 2.94. The summed E-state index contributed by atoms with van der Waals surface area (Å²) in [5.74, 6) is -0.499. The van der Waals surface area contributed by atoms with Crippen molar-refractivity contribution in [1.29, 1.82) is 0 Å². The molecule has 1 saturated carbocycles. The van der Waals surface area contributed by atoms with Crippen molar-refractivity contribution in [2.24, 2.45) is 5.41 Å². The van der Waals surface area contributed by atoms with Gasteiger partial charge < -0.3 is 10.4 Å². The third kappa shape index (κ3) is 1.10. The molecule has 15 heavy (non-hydrogen) atoms. The quantitative estimate of drug-likeness (QED) is 0.698. The molecule has 77 valence electrons. The topological polar surface area (TPSA) is 75.1 Å². The molecule has 2 aliphatic rings. The first-order valence-corrected chi connectivity index (χ1v) is 4.89. The van der Waals surface area contributed by atoms with E-state index < -0.39 is 12.0 Å². The predicted octanol–water partition coefficient (Wildman–Crippen LogP) is -0.193. The Morgan fingerprint density at radius 2 is 2.60 bits per heavy atom. The molecule has 1 aromatic heterocycles. The van der Waals surface area contributed by atoms with Gasteiger partial charge in [-0.05, 0) is 12.5 Å². The van der Waals surface area contributed by atoms with Crippen LogP contribution in [0, 0.1) is 11.7 Å². The first-order chi connectivity index (χ1) is 7.24. The number of aliphatic carboxylic acids is 1. The zero-order chi connectivity index (χ0) is 10.5. The Bertz CT molecular complexity index is 408. The summed E-state index contributed by atoms with van der Waals surface area (Å²) in [5.41, 5.74) is 0.825. The van der Waals surface area contributed by atoms with E-state index in [0.29, 0.717) is 0 Å². The highest BCUT2D eigenvalue weighted by molar-refractivity contribution is 5.77. The van der Waals surface area contributed by atoms with Crippen LogP contribution in [0.15, 0.2) is 12.3 Å². The highest BCUT2D eigenvalue weighted by atomic mass is 16.4. The summed E-state index contributed by atoms with van der Waals surface area (Å²) in [7, 11) is 0. The van der Waals surface area contributed by atoms with Crippen LogP contribution < -0.4 is 5.32 Å². The van der Waals surface area contributed by atoms with Crippen LogP contribution in [0.5, 0.6) is 0 Å². The van der Waals surface area contributed by atoms with Crippen LogP contribution in [0.4, 0.5) is 0 Å². The number of rotatable bonds is 2. The highest BCUT2D eigenvalue weighted by Gasteiger charge is 2.67. The van der Waals surface area contributed by atoms with Crippen LogP contribution >= 0.6 is 0 Å². The average molecular weight is 204 g/mol. The fourth-order valence-electron chi connectivity index (χ4n) is 2.50. The van der Waals surface area contributed by atoms with Crippen molar-refractivity contribution < 1.29 is 9.90 Å². The Hall–Kier alpha value is -1.49. The van der Waals surface area contributed by atoms with E-state index in [2.05, 4.69) is 21.6 Å². The fourth-order valence-corrected chi connectivity index (χ4v) is 2.50. The molecule has 3 atom stereocenters. The summed E-state index contributed by atoms with van der Waals surface area (Å²) in [6.07, 6.45) is 5.10. The normalized spacial score (nSPS) is 37.3. The minimum Gasteiger partial charge on any atom is -0.480 e. The SMILES string of the molecule is O=C(O)C1NCC12CC2c1ccn[c]n1. The molecule has 1 saturated heterocycles. The molecular weight excluding hydrogens is 194 g/mol. The number of hydrogen-bond acceptors (Lipinski definition) is 4. The minimum absolute atomic E-state index is 0.0893. The molecule has 5 heteroatoms. The molecule has 0 amide bonds. The largest absolute Gasteiger partial charge is 0.480 e. The van der Waals surface area contributed by atoms with Crippen molar-refractivity contribution in [3.8, 4) is 0 Å². The number of nitrogens with one attached hydrogen (secondary N) is 1. The van der Waals surface area contributed by atoms with Gasteiger partial charge in [-0.2, -0.15) is 0 Å². The van der Waals surface area contributed by atoms with Crippen molar-refractivity contribution >= 4 is 5.97 Å². The molecule has 1 radical (unpaired) electrons. The van der Waals surface area contributed by atoms with E-state index in [0.717, 1.165) is 18.7 Å². The van der Waals surface area contributed by atoms with Crippen molar-refractivity contribution in [2.45, 2.75) is 18.4 Å². The Morgan fingerprint density at radius 1 is 1.73 bits per heavy atom. The first-order valence-electron chi connectivity index (χ1n) is 4.89. The summed E-state index contributed by atoms with van der Waals surface area (Å²) in [6, 6.07) is 1.44. The minimum atomic E-state index is -0.762. The second kappa shape index (κ2) is 2.76. The van der Waals surface area contributed by atoms with E-state index >= 15 is 0 Å². The van der Waals surface area contributed by atoms with Crippen LogP contribution in [0.1, 0.15) is 18.0 Å². The number of hydrogen-bond donors (Lipinski definition) is 2. The van der Waals surface area contributed by atoms with Gasteiger partial charge in [0.05, 0.1) is 0 Å². The van der Waals surface area contributed by atoms with Crippen LogP contribution in [0.3, 0.4) is 0 Å². The number of carboxylic acid groups (broad SMARTS) is 1. The molecule has 5 nitrogen and oxygen atoms in total. The Morgan fingerprint density at radius 3 is 3.13 bits per heavy atom. The van der Waals surface area contributed by atoms with Gasteiger partial charge in [0.25, 0.3) is 0 Å². The molecule has 1 aliphatic carbocycles. The molecule has 2 heterocycles. The third-order valence-electron chi connectivity index (χ3n) is 3.49. The van der Waals surface area contributed by atoms with E-state index in [-0.39, 0.29) is 11.3 Å². The van der Waals surface area contributed by atoms with Gasteiger partial charge in [0.1, 0.15) is 6.04 Å². The third-order valence-corrected chi connectivity index (χ3v) is 3.49. The summed E-state index contributed by atoms with van der Waals surface area (Å²) in [4.78, 5) is 18.7. The lowest BCUT2D eigenvalue weighted by molar-refractivity contribution is -0.144. The predicted molar refractivity (Wildman–Crippen MR) is 50.1 cm³/mol. The number of aromatic nitrogens is 2. The molecule has 1 aromatic rings. The lowest BCUT2D eigenvalue weighted by Gasteiger charge is -2.36. The van der Waals surface area contributed by atoms with Crippen molar-refractivity contribution in [1.82, 2.24) is 15.3 Å². The molecule has 3 rings (SSSR count). The molecular formula is C10H10N3O2. The van der Waals surface area contributed by atoms with Gasteiger partial charge in [-0.15, -0.1) is 0 Å². The molecule has 0 aromatic carbocycles. The van der Waals surface area contributed by atoms with Crippen LogP contribution in [-0.2, 0) is 4.79 Å². The maximum Gasteiger partial charge on any atom is 0.321 e. The zero-order valence-electron chi connectivity index (χ0n) is 7.97. The molecule has 1 spiro atoms. The number of carbonyl (C=O) groups is 1. The molecule has 1 aliphatic heterocycles. The van der Waals surface area contributed by atoms with Crippen molar-refractivity contribution in [3.05, 3.63) is 24.3 Å².